The van der Waals surface area contributed by atoms with Crippen LogP contribution >= 0.6 is 11.6 Å². The van der Waals surface area contributed by atoms with Gasteiger partial charge in [-0.05, 0) is 23.8 Å². The molecule has 0 atom stereocenters. The van der Waals surface area contributed by atoms with Crippen molar-refractivity contribution < 1.29 is 14.3 Å². The molecule has 0 aliphatic carbocycles. The summed E-state index contributed by atoms with van der Waals surface area (Å²) in [5.74, 6) is -0.143. The zero-order valence-electron chi connectivity index (χ0n) is 15.4. The molecule has 3 aliphatic rings. The number of ether oxygens (including phenoxy) is 1. The van der Waals surface area contributed by atoms with Gasteiger partial charge in [0.15, 0.2) is 0 Å². The maximum absolute atomic E-state index is 11.9. The largest absolute Gasteiger partial charge is 0.378 e. The minimum absolute atomic E-state index is 0.0714. The van der Waals surface area contributed by atoms with Gasteiger partial charge >= 0.3 is 0 Å². The van der Waals surface area contributed by atoms with Crippen LogP contribution in [0.2, 0.25) is 5.02 Å². The molecule has 3 aliphatic heterocycles. The second kappa shape index (κ2) is 8.14. The number of benzene rings is 1. The van der Waals surface area contributed by atoms with E-state index in [1.54, 1.807) is 0 Å². The van der Waals surface area contributed by atoms with Crippen LogP contribution in [0.3, 0.4) is 0 Å². The highest BCUT2D eigenvalue weighted by Crippen LogP contribution is 2.27. The summed E-state index contributed by atoms with van der Waals surface area (Å²) in [6, 6.07) is 6.09. The molecule has 27 heavy (non-hydrogen) atoms. The Morgan fingerprint density at radius 3 is 2.26 bits per heavy atom. The van der Waals surface area contributed by atoms with Gasteiger partial charge in [-0.3, -0.25) is 14.5 Å². The van der Waals surface area contributed by atoms with Crippen LogP contribution in [0, 0.1) is 0 Å². The maximum atomic E-state index is 11.9. The summed E-state index contributed by atoms with van der Waals surface area (Å²) in [7, 11) is 0. The van der Waals surface area contributed by atoms with Crippen LogP contribution in [-0.4, -0.2) is 79.2 Å². The molecule has 3 heterocycles. The van der Waals surface area contributed by atoms with Crippen molar-refractivity contribution in [1.82, 2.24) is 14.9 Å². The van der Waals surface area contributed by atoms with Crippen LogP contribution in [-0.2, 0) is 20.9 Å². The first-order valence-electron chi connectivity index (χ1n) is 9.56. The molecule has 0 N–H and O–H groups in total. The van der Waals surface area contributed by atoms with Crippen LogP contribution in [0.1, 0.15) is 18.4 Å². The molecular formula is C19H25ClN4O3. The molecule has 0 unspecified atom stereocenters. The quantitative estimate of drug-likeness (QED) is 0.721. The van der Waals surface area contributed by atoms with E-state index < -0.39 is 0 Å². The van der Waals surface area contributed by atoms with Gasteiger partial charge in [0.1, 0.15) is 0 Å². The number of imide groups is 1. The Bertz CT molecular complexity index is 699. The summed E-state index contributed by atoms with van der Waals surface area (Å²) in [5.41, 5.74) is 2.43. The third kappa shape index (κ3) is 4.11. The Hall–Kier alpha value is -1.67. The first-order valence-corrected chi connectivity index (χ1v) is 9.94. The molecule has 146 valence electrons. The fourth-order valence-corrected chi connectivity index (χ4v) is 4.20. The highest BCUT2D eigenvalue weighted by atomic mass is 35.5. The molecular weight excluding hydrogens is 368 g/mol. The number of anilines is 1. The van der Waals surface area contributed by atoms with Crippen molar-refractivity contribution >= 4 is 29.1 Å². The summed E-state index contributed by atoms with van der Waals surface area (Å²) in [6.07, 6.45) is 0.676. The predicted molar refractivity (Wildman–Crippen MR) is 102 cm³/mol. The third-order valence-electron chi connectivity index (χ3n) is 5.44. The number of halogens is 1. The van der Waals surface area contributed by atoms with E-state index in [0.29, 0.717) is 25.9 Å². The van der Waals surface area contributed by atoms with Crippen LogP contribution in [0.15, 0.2) is 18.2 Å². The van der Waals surface area contributed by atoms with Gasteiger partial charge in [-0.2, -0.15) is 0 Å². The average molecular weight is 393 g/mol. The van der Waals surface area contributed by atoms with Gasteiger partial charge < -0.3 is 9.64 Å². The molecule has 3 fully saturated rings. The molecule has 4 rings (SSSR count). The number of carbonyl (C=O) groups is 2. The van der Waals surface area contributed by atoms with Crippen LogP contribution in [0.4, 0.5) is 5.69 Å². The molecule has 0 saturated carbocycles. The molecule has 7 nitrogen and oxygen atoms in total. The third-order valence-corrected chi connectivity index (χ3v) is 5.68. The van der Waals surface area contributed by atoms with Crippen molar-refractivity contribution in [3.8, 4) is 0 Å². The number of morpholine rings is 1. The maximum Gasteiger partial charge on any atom is 0.244 e. The molecule has 0 bridgehead atoms. The Labute approximate surface area is 164 Å². The minimum Gasteiger partial charge on any atom is -0.378 e. The molecule has 1 aromatic carbocycles. The number of carbonyl (C=O) groups excluding carboxylic acids is 2. The number of hydrogen-bond donors (Lipinski definition) is 0. The van der Waals surface area contributed by atoms with Crippen molar-refractivity contribution in [2.45, 2.75) is 19.4 Å². The van der Waals surface area contributed by atoms with E-state index in [1.807, 2.05) is 17.1 Å². The lowest BCUT2D eigenvalue weighted by molar-refractivity contribution is -0.160. The lowest BCUT2D eigenvalue weighted by Crippen LogP contribution is -2.55. The zero-order chi connectivity index (χ0) is 18.8. The van der Waals surface area contributed by atoms with Gasteiger partial charge in [-0.1, -0.05) is 11.6 Å². The fraction of sp³-hybridized carbons (Fsp3) is 0.579. The fourth-order valence-electron chi connectivity index (χ4n) is 4.01. The van der Waals surface area contributed by atoms with Crippen molar-refractivity contribution in [3.05, 3.63) is 28.8 Å². The van der Waals surface area contributed by atoms with Crippen molar-refractivity contribution in [1.29, 1.82) is 0 Å². The van der Waals surface area contributed by atoms with E-state index >= 15 is 0 Å². The number of nitrogens with zero attached hydrogens (tertiary/aromatic N) is 4. The second-order valence-corrected chi connectivity index (χ2v) is 7.64. The van der Waals surface area contributed by atoms with Crippen LogP contribution in [0.25, 0.3) is 0 Å². The van der Waals surface area contributed by atoms with E-state index in [0.717, 1.165) is 51.0 Å². The van der Waals surface area contributed by atoms with Gasteiger partial charge in [0.25, 0.3) is 0 Å². The van der Waals surface area contributed by atoms with Crippen molar-refractivity contribution in [2.75, 3.05) is 57.4 Å². The lowest BCUT2D eigenvalue weighted by Gasteiger charge is -2.39. The van der Waals surface area contributed by atoms with E-state index in [-0.39, 0.29) is 11.8 Å². The molecule has 0 spiro atoms. The number of hydrogen-bond acceptors (Lipinski definition) is 6. The van der Waals surface area contributed by atoms with Crippen LogP contribution < -0.4 is 4.90 Å². The van der Waals surface area contributed by atoms with E-state index in [9.17, 15) is 9.59 Å². The monoisotopic (exact) mass is 392 g/mol. The summed E-state index contributed by atoms with van der Waals surface area (Å²) in [6.45, 7) is 7.08. The number of rotatable bonds is 4. The molecule has 0 aromatic heterocycles. The topological polar surface area (TPSA) is 56.3 Å². The van der Waals surface area contributed by atoms with Gasteiger partial charge in [-0.15, -0.1) is 0 Å². The van der Waals surface area contributed by atoms with Crippen LogP contribution in [0.5, 0.6) is 0 Å². The SMILES string of the molecule is O=C1CCC(=O)N1N1CCN(Cc2cc(Cl)ccc2N2CCOCC2)CC1. The number of piperazine rings is 1. The Morgan fingerprint density at radius 1 is 0.926 bits per heavy atom. The first-order chi connectivity index (χ1) is 13.1. The Morgan fingerprint density at radius 2 is 1.59 bits per heavy atom. The second-order valence-electron chi connectivity index (χ2n) is 7.20. The summed E-state index contributed by atoms with van der Waals surface area (Å²) in [4.78, 5) is 28.6. The molecule has 3 saturated heterocycles. The standard InChI is InChI=1S/C19H25ClN4O3/c20-16-1-2-17(22-9-11-27-12-10-22)15(13-16)14-21-5-7-23(8-6-21)24-18(25)3-4-19(24)26/h1-2,13H,3-12,14H2. The molecule has 0 radical (unpaired) electrons. The highest BCUT2D eigenvalue weighted by Gasteiger charge is 2.35. The molecule has 8 heteroatoms. The average Bonchev–Trinajstić information content (AvgIpc) is 3.02. The van der Waals surface area contributed by atoms with Gasteiger partial charge in [0, 0.05) is 69.4 Å². The van der Waals surface area contributed by atoms with Crippen molar-refractivity contribution in [2.24, 2.45) is 0 Å². The van der Waals surface area contributed by atoms with Crippen molar-refractivity contribution in [3.63, 3.8) is 0 Å². The van der Waals surface area contributed by atoms with E-state index in [4.69, 9.17) is 16.3 Å². The van der Waals surface area contributed by atoms with E-state index in [1.165, 1.54) is 16.3 Å². The Balaban J connectivity index is 1.41. The van der Waals surface area contributed by atoms with Gasteiger partial charge in [0.2, 0.25) is 11.8 Å². The molecule has 2 amide bonds. The summed E-state index contributed by atoms with van der Waals surface area (Å²) < 4.78 is 5.47. The van der Waals surface area contributed by atoms with E-state index in [2.05, 4.69) is 15.9 Å². The smallest absolute Gasteiger partial charge is 0.244 e. The number of amides is 2. The highest BCUT2D eigenvalue weighted by molar-refractivity contribution is 6.30. The van der Waals surface area contributed by atoms with Gasteiger partial charge in [0.05, 0.1) is 13.2 Å². The normalized spacial score (nSPS) is 22.7. The summed E-state index contributed by atoms with van der Waals surface area (Å²) in [5, 5.41) is 4.00. The lowest BCUT2D eigenvalue weighted by atomic mass is 10.1. The predicted octanol–water partition coefficient (Wildman–Crippen LogP) is 1.36. The first kappa shape index (κ1) is 18.7. The minimum atomic E-state index is -0.0714. The Kier molecular flexibility index (Phi) is 5.63. The van der Waals surface area contributed by atoms with Gasteiger partial charge in [-0.25, -0.2) is 10.0 Å². The summed E-state index contributed by atoms with van der Waals surface area (Å²) >= 11 is 6.26. The zero-order valence-corrected chi connectivity index (χ0v) is 16.2. The molecule has 1 aromatic rings. The number of hydrazine groups is 1.